The van der Waals surface area contributed by atoms with Crippen LogP contribution in [0, 0.1) is 31.6 Å². The van der Waals surface area contributed by atoms with Crippen molar-refractivity contribution in [2.45, 2.75) is 53.0 Å². The maximum absolute atomic E-state index is 13.1. The lowest BCUT2D eigenvalue weighted by Gasteiger charge is -2.27. The fourth-order valence-electron chi connectivity index (χ4n) is 4.00. The Labute approximate surface area is 160 Å². The summed E-state index contributed by atoms with van der Waals surface area (Å²) in [7, 11) is 0. The van der Waals surface area contributed by atoms with Gasteiger partial charge >= 0.3 is 0 Å². The number of nitrogens with zero attached hydrogens (tertiary/aromatic N) is 1. The number of imide groups is 1. The summed E-state index contributed by atoms with van der Waals surface area (Å²) in [6.07, 6.45) is 5.55. The molecule has 1 aromatic rings. The molecule has 0 saturated carbocycles. The standard InChI is InChI=1S/C22H28N2O3/c1-13(2)11-19(20(25)23-18-12-14(3)9-10-15(18)4)24-21(26)16-7-5-6-8-17(16)22(24)27/h5-6,9-10,12-13,16-17,19H,7-8,11H2,1-4H3,(H,23,25). The predicted molar refractivity (Wildman–Crippen MR) is 105 cm³/mol. The van der Waals surface area contributed by atoms with Crippen LogP contribution in [-0.4, -0.2) is 28.7 Å². The van der Waals surface area contributed by atoms with Crippen LogP contribution >= 0.6 is 0 Å². The van der Waals surface area contributed by atoms with Gasteiger partial charge < -0.3 is 5.32 Å². The zero-order valence-electron chi connectivity index (χ0n) is 16.5. The van der Waals surface area contributed by atoms with Crippen molar-refractivity contribution in [3.63, 3.8) is 0 Å². The van der Waals surface area contributed by atoms with Gasteiger partial charge in [-0.1, -0.05) is 38.1 Å². The molecule has 3 rings (SSSR count). The summed E-state index contributed by atoms with van der Waals surface area (Å²) in [6.45, 7) is 7.89. The molecule has 1 fully saturated rings. The van der Waals surface area contributed by atoms with Crippen LogP contribution in [-0.2, 0) is 14.4 Å². The van der Waals surface area contributed by atoms with Crippen LogP contribution in [0.25, 0.3) is 0 Å². The molecule has 1 aromatic carbocycles. The van der Waals surface area contributed by atoms with E-state index in [1.165, 1.54) is 4.90 Å². The van der Waals surface area contributed by atoms with Gasteiger partial charge in [-0.2, -0.15) is 0 Å². The van der Waals surface area contributed by atoms with E-state index in [0.717, 1.165) is 16.8 Å². The minimum absolute atomic E-state index is 0.181. The first-order valence-electron chi connectivity index (χ1n) is 9.69. The molecular weight excluding hydrogens is 340 g/mol. The van der Waals surface area contributed by atoms with Crippen LogP contribution in [0.1, 0.15) is 44.2 Å². The Morgan fingerprint density at radius 3 is 2.26 bits per heavy atom. The quantitative estimate of drug-likeness (QED) is 0.638. The summed E-state index contributed by atoms with van der Waals surface area (Å²) in [4.78, 5) is 40.3. The van der Waals surface area contributed by atoms with Crippen molar-refractivity contribution in [3.05, 3.63) is 41.5 Å². The molecule has 3 amide bonds. The highest BCUT2D eigenvalue weighted by atomic mass is 16.2. The first-order valence-corrected chi connectivity index (χ1v) is 9.69. The van der Waals surface area contributed by atoms with Crippen molar-refractivity contribution in [2.75, 3.05) is 5.32 Å². The maximum Gasteiger partial charge on any atom is 0.247 e. The van der Waals surface area contributed by atoms with E-state index >= 15 is 0 Å². The van der Waals surface area contributed by atoms with Gasteiger partial charge in [-0.15, -0.1) is 0 Å². The molecule has 1 saturated heterocycles. The first-order chi connectivity index (χ1) is 12.8. The average molecular weight is 368 g/mol. The SMILES string of the molecule is Cc1ccc(C)c(NC(=O)C(CC(C)C)N2C(=O)C3CC=CCC3C2=O)c1. The molecule has 1 N–H and O–H groups in total. The van der Waals surface area contributed by atoms with E-state index in [1.807, 2.05) is 58.0 Å². The Bertz CT molecular complexity index is 771. The van der Waals surface area contributed by atoms with E-state index in [1.54, 1.807) is 0 Å². The molecule has 0 radical (unpaired) electrons. The third kappa shape index (κ3) is 3.82. The van der Waals surface area contributed by atoms with Crippen LogP contribution in [0.3, 0.4) is 0 Å². The first kappa shape index (κ1) is 19.3. The number of anilines is 1. The second kappa shape index (κ2) is 7.67. The van der Waals surface area contributed by atoms with Gasteiger partial charge in [0.1, 0.15) is 6.04 Å². The lowest BCUT2D eigenvalue weighted by atomic mass is 9.85. The summed E-state index contributed by atoms with van der Waals surface area (Å²) in [5, 5.41) is 2.96. The maximum atomic E-state index is 13.1. The van der Waals surface area contributed by atoms with E-state index < -0.39 is 6.04 Å². The number of aryl methyl sites for hydroxylation is 2. The molecule has 27 heavy (non-hydrogen) atoms. The molecule has 144 valence electrons. The molecule has 1 aliphatic heterocycles. The van der Waals surface area contributed by atoms with E-state index in [0.29, 0.717) is 19.3 Å². The number of likely N-dealkylation sites (tertiary alicyclic amines) is 1. The Hall–Kier alpha value is -2.43. The largest absolute Gasteiger partial charge is 0.324 e. The number of benzene rings is 1. The second-order valence-corrected chi connectivity index (χ2v) is 8.16. The highest BCUT2D eigenvalue weighted by molar-refractivity contribution is 6.10. The van der Waals surface area contributed by atoms with Crippen LogP contribution in [0.5, 0.6) is 0 Å². The number of carbonyl (C=O) groups is 3. The molecule has 3 unspecified atom stereocenters. The minimum atomic E-state index is -0.768. The molecule has 5 nitrogen and oxygen atoms in total. The van der Waals surface area contributed by atoms with Gasteiger partial charge in [-0.05, 0) is 56.2 Å². The molecule has 0 spiro atoms. The molecule has 1 heterocycles. The molecule has 5 heteroatoms. The van der Waals surface area contributed by atoms with Gasteiger partial charge in [0, 0.05) is 5.69 Å². The van der Waals surface area contributed by atoms with Crippen LogP contribution in [0.4, 0.5) is 5.69 Å². The van der Waals surface area contributed by atoms with Crippen LogP contribution in [0.2, 0.25) is 0 Å². The smallest absolute Gasteiger partial charge is 0.247 e. The van der Waals surface area contributed by atoms with E-state index in [-0.39, 0.29) is 35.5 Å². The fourth-order valence-corrected chi connectivity index (χ4v) is 4.00. The summed E-state index contributed by atoms with van der Waals surface area (Å²) in [5.74, 6) is -1.13. The van der Waals surface area contributed by atoms with Crippen LogP contribution < -0.4 is 5.32 Å². The van der Waals surface area contributed by atoms with Crippen molar-refractivity contribution in [1.29, 1.82) is 0 Å². The number of allylic oxidation sites excluding steroid dienone is 2. The highest BCUT2D eigenvalue weighted by Crippen LogP contribution is 2.37. The summed E-state index contributed by atoms with van der Waals surface area (Å²) in [5.41, 5.74) is 2.72. The normalized spacial score (nSPS) is 22.9. The number of carbonyl (C=O) groups excluding carboxylic acids is 3. The summed E-state index contributed by atoms with van der Waals surface area (Å²) >= 11 is 0. The number of hydrogen-bond donors (Lipinski definition) is 1. The zero-order valence-corrected chi connectivity index (χ0v) is 16.5. The van der Waals surface area contributed by atoms with Crippen molar-refractivity contribution < 1.29 is 14.4 Å². The highest BCUT2D eigenvalue weighted by Gasteiger charge is 2.51. The topological polar surface area (TPSA) is 66.5 Å². The van der Waals surface area contributed by atoms with Gasteiger partial charge in [0.05, 0.1) is 11.8 Å². The lowest BCUT2D eigenvalue weighted by molar-refractivity contribution is -0.147. The van der Waals surface area contributed by atoms with E-state index in [2.05, 4.69) is 5.32 Å². The average Bonchev–Trinajstić information content (AvgIpc) is 2.87. The number of amides is 3. The number of fused-ring (bicyclic) bond motifs is 1. The molecule has 0 aromatic heterocycles. The minimum Gasteiger partial charge on any atom is -0.324 e. The number of nitrogens with one attached hydrogen (secondary N) is 1. The Morgan fingerprint density at radius 2 is 1.70 bits per heavy atom. The molecular formula is C22H28N2O3. The van der Waals surface area contributed by atoms with Crippen molar-refractivity contribution >= 4 is 23.4 Å². The van der Waals surface area contributed by atoms with Gasteiger partial charge in [0.25, 0.3) is 0 Å². The fraction of sp³-hybridized carbons (Fsp3) is 0.500. The van der Waals surface area contributed by atoms with Crippen molar-refractivity contribution in [3.8, 4) is 0 Å². The lowest BCUT2D eigenvalue weighted by Crippen LogP contribution is -2.48. The number of hydrogen-bond acceptors (Lipinski definition) is 3. The van der Waals surface area contributed by atoms with Gasteiger partial charge in [-0.3, -0.25) is 19.3 Å². The molecule has 1 aliphatic carbocycles. The molecule has 0 bridgehead atoms. The van der Waals surface area contributed by atoms with Crippen molar-refractivity contribution in [2.24, 2.45) is 17.8 Å². The summed E-state index contributed by atoms with van der Waals surface area (Å²) < 4.78 is 0. The Morgan fingerprint density at radius 1 is 1.11 bits per heavy atom. The molecule has 3 atom stereocenters. The zero-order chi connectivity index (χ0) is 19.7. The third-order valence-corrected chi connectivity index (χ3v) is 5.50. The summed E-state index contributed by atoms with van der Waals surface area (Å²) in [6, 6.07) is 5.09. The van der Waals surface area contributed by atoms with Gasteiger partial charge in [-0.25, -0.2) is 0 Å². The Kier molecular flexibility index (Phi) is 5.49. The van der Waals surface area contributed by atoms with Crippen LogP contribution in [0.15, 0.2) is 30.4 Å². The van der Waals surface area contributed by atoms with Gasteiger partial charge in [0.15, 0.2) is 0 Å². The second-order valence-electron chi connectivity index (χ2n) is 8.16. The molecule has 2 aliphatic rings. The van der Waals surface area contributed by atoms with Gasteiger partial charge in [0.2, 0.25) is 17.7 Å². The van der Waals surface area contributed by atoms with Crippen molar-refractivity contribution in [1.82, 2.24) is 4.90 Å². The van der Waals surface area contributed by atoms with E-state index in [9.17, 15) is 14.4 Å². The third-order valence-electron chi connectivity index (χ3n) is 5.50. The monoisotopic (exact) mass is 368 g/mol. The predicted octanol–water partition coefficient (Wildman–Crippen LogP) is 3.61. The number of rotatable bonds is 5. The Balaban J connectivity index is 1.87. The van der Waals surface area contributed by atoms with E-state index in [4.69, 9.17) is 0 Å².